The van der Waals surface area contributed by atoms with Gasteiger partial charge in [0.15, 0.2) is 0 Å². The van der Waals surface area contributed by atoms with Crippen molar-refractivity contribution >= 4 is 11.6 Å². The molecule has 0 N–H and O–H groups in total. The summed E-state index contributed by atoms with van der Waals surface area (Å²) in [7, 11) is 0. The van der Waals surface area contributed by atoms with E-state index in [-0.39, 0.29) is 12.4 Å². The van der Waals surface area contributed by atoms with E-state index in [1.54, 1.807) is 12.2 Å². The lowest BCUT2D eigenvalue weighted by Gasteiger charge is -2.02. The lowest BCUT2D eigenvalue weighted by Crippen LogP contribution is -1.94. The first-order chi connectivity index (χ1) is 6.72. The number of halogens is 3. The van der Waals surface area contributed by atoms with Crippen molar-refractivity contribution in [3.8, 4) is 5.75 Å². The summed E-state index contributed by atoms with van der Waals surface area (Å²) in [5.41, 5.74) is 0. The summed E-state index contributed by atoms with van der Waals surface area (Å²) >= 11 is 5.37. The molecule has 0 bridgehead atoms. The van der Waals surface area contributed by atoms with Crippen LogP contribution < -0.4 is 4.74 Å². The topological polar surface area (TPSA) is 9.23 Å². The zero-order valence-electron chi connectivity index (χ0n) is 7.34. The van der Waals surface area contributed by atoms with Crippen LogP contribution in [0, 0.1) is 11.6 Å². The molecule has 4 heteroatoms. The number of ether oxygens (including phenoxy) is 1. The second kappa shape index (κ2) is 5.60. The number of hydrogen-bond acceptors (Lipinski definition) is 1. The van der Waals surface area contributed by atoms with Crippen LogP contribution in [0.1, 0.15) is 0 Å². The minimum Gasteiger partial charge on any atom is -0.489 e. The maximum atomic E-state index is 12.6. The van der Waals surface area contributed by atoms with Crippen LogP contribution in [-0.2, 0) is 0 Å². The molecule has 76 valence electrons. The number of alkyl halides is 1. The summed E-state index contributed by atoms with van der Waals surface area (Å²) in [6.07, 6.45) is 3.37. The maximum Gasteiger partial charge on any atom is 0.129 e. The standard InChI is InChI=1S/C10H9ClF2O/c11-3-1-2-4-14-10-6-8(12)5-9(13)7-10/h1-2,5-7H,3-4H2. The smallest absolute Gasteiger partial charge is 0.129 e. The minimum atomic E-state index is -0.652. The van der Waals surface area contributed by atoms with Crippen molar-refractivity contribution in [2.24, 2.45) is 0 Å². The predicted molar refractivity (Wildman–Crippen MR) is 51.7 cm³/mol. The third kappa shape index (κ3) is 3.75. The van der Waals surface area contributed by atoms with Gasteiger partial charge in [-0.2, -0.15) is 0 Å². The molecule has 1 nitrogen and oxygen atoms in total. The highest BCUT2D eigenvalue weighted by atomic mass is 35.5. The first-order valence-corrected chi connectivity index (χ1v) is 4.55. The number of hydrogen-bond donors (Lipinski definition) is 0. The normalized spacial score (nSPS) is 10.8. The van der Waals surface area contributed by atoms with Gasteiger partial charge in [0.05, 0.1) is 0 Å². The summed E-state index contributed by atoms with van der Waals surface area (Å²) < 4.78 is 30.3. The Kier molecular flexibility index (Phi) is 4.40. The highest BCUT2D eigenvalue weighted by molar-refractivity contribution is 6.18. The largest absolute Gasteiger partial charge is 0.489 e. The highest BCUT2D eigenvalue weighted by Gasteiger charge is 1.99. The molecular weight excluding hydrogens is 210 g/mol. The molecule has 0 aliphatic heterocycles. The van der Waals surface area contributed by atoms with Gasteiger partial charge in [-0.3, -0.25) is 0 Å². The molecule has 0 saturated carbocycles. The van der Waals surface area contributed by atoms with Crippen LogP contribution in [0.15, 0.2) is 30.4 Å². The zero-order chi connectivity index (χ0) is 10.4. The lowest BCUT2D eigenvalue weighted by atomic mass is 10.3. The Morgan fingerprint density at radius 3 is 2.36 bits per heavy atom. The van der Waals surface area contributed by atoms with Crippen molar-refractivity contribution in [2.45, 2.75) is 0 Å². The van der Waals surface area contributed by atoms with E-state index in [2.05, 4.69) is 0 Å². The Hall–Kier alpha value is -1.09. The van der Waals surface area contributed by atoms with E-state index in [1.807, 2.05) is 0 Å². The van der Waals surface area contributed by atoms with E-state index < -0.39 is 11.6 Å². The average Bonchev–Trinajstić information content (AvgIpc) is 2.11. The second-order valence-corrected chi connectivity index (χ2v) is 2.85. The van der Waals surface area contributed by atoms with Crippen molar-refractivity contribution < 1.29 is 13.5 Å². The second-order valence-electron chi connectivity index (χ2n) is 2.54. The van der Waals surface area contributed by atoms with Gasteiger partial charge in [-0.05, 0) is 0 Å². The summed E-state index contributed by atoms with van der Waals surface area (Å²) in [5.74, 6) is -0.745. The van der Waals surface area contributed by atoms with Crippen molar-refractivity contribution in [2.75, 3.05) is 12.5 Å². The van der Waals surface area contributed by atoms with Crippen LogP contribution in [0.3, 0.4) is 0 Å². The fourth-order valence-corrected chi connectivity index (χ4v) is 1.01. The molecule has 1 aromatic rings. The lowest BCUT2D eigenvalue weighted by molar-refractivity contribution is 0.357. The van der Waals surface area contributed by atoms with Gasteiger partial charge in [0, 0.05) is 24.1 Å². The van der Waals surface area contributed by atoms with E-state index in [1.165, 1.54) is 0 Å². The monoisotopic (exact) mass is 218 g/mol. The summed E-state index contributed by atoms with van der Waals surface area (Å²) in [6, 6.07) is 3.04. The molecule has 0 unspecified atom stereocenters. The van der Waals surface area contributed by atoms with Gasteiger partial charge >= 0.3 is 0 Å². The minimum absolute atomic E-state index is 0.168. The molecule has 0 saturated heterocycles. The molecule has 0 spiro atoms. The predicted octanol–water partition coefficient (Wildman–Crippen LogP) is 3.14. The molecule has 0 aromatic heterocycles. The van der Waals surface area contributed by atoms with Crippen LogP contribution in [0.2, 0.25) is 0 Å². The number of rotatable bonds is 4. The van der Waals surface area contributed by atoms with Gasteiger partial charge in [0.2, 0.25) is 0 Å². The maximum absolute atomic E-state index is 12.6. The Labute approximate surface area is 85.9 Å². The SMILES string of the molecule is Fc1cc(F)cc(OCC=CCCl)c1. The molecule has 0 aliphatic rings. The van der Waals surface area contributed by atoms with Gasteiger partial charge in [-0.1, -0.05) is 12.2 Å². The van der Waals surface area contributed by atoms with Gasteiger partial charge in [0.25, 0.3) is 0 Å². The molecule has 0 aliphatic carbocycles. The third-order valence-electron chi connectivity index (χ3n) is 1.44. The Morgan fingerprint density at radius 1 is 1.14 bits per heavy atom. The summed E-state index contributed by atoms with van der Waals surface area (Å²) in [4.78, 5) is 0. The van der Waals surface area contributed by atoms with E-state index in [0.717, 1.165) is 18.2 Å². The highest BCUT2D eigenvalue weighted by Crippen LogP contribution is 2.14. The van der Waals surface area contributed by atoms with E-state index >= 15 is 0 Å². The van der Waals surface area contributed by atoms with E-state index in [4.69, 9.17) is 16.3 Å². The quantitative estimate of drug-likeness (QED) is 0.557. The fraction of sp³-hybridized carbons (Fsp3) is 0.200. The van der Waals surface area contributed by atoms with Crippen LogP contribution in [0.5, 0.6) is 5.75 Å². The van der Waals surface area contributed by atoms with Crippen LogP contribution >= 0.6 is 11.6 Å². The number of benzene rings is 1. The summed E-state index contributed by atoms with van der Waals surface area (Å²) in [6.45, 7) is 0.246. The van der Waals surface area contributed by atoms with Gasteiger partial charge in [-0.25, -0.2) is 8.78 Å². The Balaban J connectivity index is 2.54. The summed E-state index contributed by atoms with van der Waals surface area (Å²) in [5, 5.41) is 0. The van der Waals surface area contributed by atoms with Crippen LogP contribution in [-0.4, -0.2) is 12.5 Å². The first kappa shape index (κ1) is 11.0. The fourth-order valence-electron chi connectivity index (χ4n) is 0.887. The number of allylic oxidation sites excluding steroid dienone is 1. The molecule has 0 fully saturated rings. The Morgan fingerprint density at radius 2 is 1.79 bits per heavy atom. The van der Waals surface area contributed by atoms with Crippen molar-refractivity contribution in [1.29, 1.82) is 0 Å². The van der Waals surface area contributed by atoms with Gasteiger partial charge < -0.3 is 4.74 Å². The molecule has 1 rings (SSSR count). The molecule has 0 heterocycles. The van der Waals surface area contributed by atoms with Crippen LogP contribution in [0.4, 0.5) is 8.78 Å². The molecule has 14 heavy (non-hydrogen) atoms. The zero-order valence-corrected chi connectivity index (χ0v) is 8.10. The van der Waals surface area contributed by atoms with E-state index in [9.17, 15) is 8.78 Å². The van der Waals surface area contributed by atoms with Crippen molar-refractivity contribution in [3.05, 3.63) is 42.0 Å². The van der Waals surface area contributed by atoms with Crippen molar-refractivity contribution in [1.82, 2.24) is 0 Å². The molecule has 0 amide bonds. The van der Waals surface area contributed by atoms with Gasteiger partial charge in [0.1, 0.15) is 24.0 Å². The average molecular weight is 219 g/mol. The van der Waals surface area contributed by atoms with Crippen LogP contribution in [0.25, 0.3) is 0 Å². The van der Waals surface area contributed by atoms with E-state index in [0.29, 0.717) is 5.88 Å². The third-order valence-corrected chi connectivity index (χ3v) is 1.62. The molecule has 0 radical (unpaired) electrons. The molecule has 1 aromatic carbocycles. The molecule has 0 atom stereocenters. The Bertz CT molecular complexity index is 306. The first-order valence-electron chi connectivity index (χ1n) is 4.02. The van der Waals surface area contributed by atoms with Crippen molar-refractivity contribution in [3.63, 3.8) is 0 Å². The van der Waals surface area contributed by atoms with Gasteiger partial charge in [-0.15, -0.1) is 11.6 Å². The molecular formula is C10H9ClF2O.